The van der Waals surface area contributed by atoms with Gasteiger partial charge in [-0.2, -0.15) is 5.26 Å². The van der Waals surface area contributed by atoms with Gasteiger partial charge in [0.25, 0.3) is 0 Å². The highest BCUT2D eigenvalue weighted by Gasteiger charge is 2.11. The fourth-order valence-corrected chi connectivity index (χ4v) is 2.23. The Labute approximate surface area is 122 Å². The first-order valence-corrected chi connectivity index (χ1v) is 6.94. The second kappa shape index (κ2) is 8.03. The molecule has 0 bridgehead atoms. The van der Waals surface area contributed by atoms with Gasteiger partial charge in [0.15, 0.2) is 18.1 Å². The first-order valence-electron chi connectivity index (χ1n) is 6.15. The Balaban J connectivity index is 2.81. The van der Waals surface area contributed by atoms with Crippen molar-refractivity contribution in [3.05, 3.63) is 22.2 Å². The van der Waals surface area contributed by atoms with Gasteiger partial charge in [0.1, 0.15) is 6.07 Å². The third kappa shape index (κ3) is 5.09. The molecule has 0 aromatic heterocycles. The number of nitrogens with zero attached hydrogens (tertiary/aromatic N) is 1. The van der Waals surface area contributed by atoms with Crippen molar-refractivity contribution >= 4 is 15.9 Å². The third-order valence-corrected chi connectivity index (χ3v) is 3.04. The second-order valence-electron chi connectivity index (χ2n) is 4.58. The van der Waals surface area contributed by atoms with Crippen LogP contribution in [0.3, 0.4) is 0 Å². The molecule has 1 N–H and O–H groups in total. The van der Waals surface area contributed by atoms with Gasteiger partial charge in [0.05, 0.1) is 11.6 Å². The third-order valence-electron chi connectivity index (χ3n) is 2.45. The Morgan fingerprint density at radius 3 is 2.74 bits per heavy atom. The lowest BCUT2D eigenvalue weighted by molar-refractivity contribution is 0.327. The molecule has 0 aliphatic carbocycles. The van der Waals surface area contributed by atoms with E-state index in [0.717, 1.165) is 23.1 Å². The van der Waals surface area contributed by atoms with Crippen LogP contribution < -0.4 is 14.8 Å². The highest BCUT2D eigenvalue weighted by atomic mass is 79.9. The van der Waals surface area contributed by atoms with Crippen molar-refractivity contribution in [2.45, 2.75) is 20.4 Å². The standard InChI is InChI=1S/C14H19BrN2O2/c1-10(2)8-17-9-11-6-12(15)14(19-5-4-16)13(7-11)18-3/h6-7,10,17H,5,8-9H2,1-3H3. The van der Waals surface area contributed by atoms with E-state index in [1.54, 1.807) is 7.11 Å². The molecule has 0 fully saturated rings. The molecule has 0 heterocycles. The molecule has 1 aromatic carbocycles. The van der Waals surface area contributed by atoms with Gasteiger partial charge in [-0.3, -0.25) is 0 Å². The van der Waals surface area contributed by atoms with Crippen LogP contribution in [0, 0.1) is 17.2 Å². The van der Waals surface area contributed by atoms with E-state index < -0.39 is 0 Å². The van der Waals surface area contributed by atoms with Crippen molar-refractivity contribution in [2.24, 2.45) is 5.92 Å². The van der Waals surface area contributed by atoms with Crippen molar-refractivity contribution < 1.29 is 9.47 Å². The zero-order chi connectivity index (χ0) is 14.3. The largest absolute Gasteiger partial charge is 0.493 e. The Bertz CT molecular complexity index is 455. The second-order valence-corrected chi connectivity index (χ2v) is 5.43. The predicted molar refractivity (Wildman–Crippen MR) is 78.3 cm³/mol. The first-order chi connectivity index (χ1) is 9.08. The number of hydrogen-bond acceptors (Lipinski definition) is 4. The van der Waals surface area contributed by atoms with E-state index in [-0.39, 0.29) is 6.61 Å². The predicted octanol–water partition coefficient (Wildman–Crippen LogP) is 3.11. The van der Waals surface area contributed by atoms with E-state index >= 15 is 0 Å². The number of halogens is 1. The van der Waals surface area contributed by atoms with E-state index in [1.807, 2.05) is 18.2 Å². The minimum absolute atomic E-state index is 0.0000932. The average Bonchev–Trinajstić information content (AvgIpc) is 2.36. The summed E-state index contributed by atoms with van der Waals surface area (Å²) in [4.78, 5) is 0. The van der Waals surface area contributed by atoms with Crippen molar-refractivity contribution in [1.82, 2.24) is 5.32 Å². The fraction of sp³-hybridized carbons (Fsp3) is 0.500. The van der Waals surface area contributed by atoms with Crippen LogP contribution in [-0.2, 0) is 6.54 Å². The number of rotatable bonds is 7. The van der Waals surface area contributed by atoms with Crippen LogP contribution in [0.5, 0.6) is 11.5 Å². The maximum atomic E-state index is 8.56. The van der Waals surface area contributed by atoms with Gasteiger partial charge < -0.3 is 14.8 Å². The topological polar surface area (TPSA) is 54.3 Å². The van der Waals surface area contributed by atoms with Gasteiger partial charge in [-0.15, -0.1) is 0 Å². The van der Waals surface area contributed by atoms with Gasteiger partial charge in [-0.25, -0.2) is 0 Å². The lowest BCUT2D eigenvalue weighted by Crippen LogP contribution is -2.19. The summed E-state index contributed by atoms with van der Waals surface area (Å²) in [6.07, 6.45) is 0. The van der Waals surface area contributed by atoms with Gasteiger partial charge in [-0.05, 0) is 46.1 Å². The molecule has 0 amide bonds. The summed E-state index contributed by atoms with van der Waals surface area (Å²) in [6.45, 7) is 6.07. The molecular weight excluding hydrogens is 308 g/mol. The minimum atomic E-state index is -0.0000932. The maximum Gasteiger partial charge on any atom is 0.176 e. The lowest BCUT2D eigenvalue weighted by Gasteiger charge is -2.13. The van der Waals surface area contributed by atoms with Crippen LogP contribution in [0.4, 0.5) is 0 Å². The summed E-state index contributed by atoms with van der Waals surface area (Å²) >= 11 is 3.45. The SMILES string of the molecule is COc1cc(CNCC(C)C)cc(Br)c1OCC#N. The Hall–Kier alpha value is -1.25. The number of methoxy groups -OCH3 is 1. The highest BCUT2D eigenvalue weighted by molar-refractivity contribution is 9.10. The molecule has 0 aliphatic rings. The van der Waals surface area contributed by atoms with E-state index in [0.29, 0.717) is 17.4 Å². The molecule has 104 valence electrons. The molecule has 0 aliphatic heterocycles. The molecule has 4 nitrogen and oxygen atoms in total. The molecule has 0 radical (unpaired) electrons. The number of benzene rings is 1. The number of nitrogens with one attached hydrogen (secondary N) is 1. The fourth-order valence-electron chi connectivity index (χ4n) is 1.62. The molecular formula is C14H19BrN2O2. The summed E-state index contributed by atoms with van der Waals surface area (Å²) in [5.41, 5.74) is 1.11. The van der Waals surface area contributed by atoms with E-state index in [4.69, 9.17) is 14.7 Å². The molecule has 1 rings (SSSR count). The van der Waals surface area contributed by atoms with E-state index in [2.05, 4.69) is 35.1 Å². The molecule has 1 aromatic rings. The van der Waals surface area contributed by atoms with Crippen LogP contribution in [0.1, 0.15) is 19.4 Å². The van der Waals surface area contributed by atoms with E-state index in [9.17, 15) is 0 Å². The monoisotopic (exact) mass is 326 g/mol. The van der Waals surface area contributed by atoms with Crippen molar-refractivity contribution in [1.29, 1.82) is 5.26 Å². The van der Waals surface area contributed by atoms with E-state index in [1.165, 1.54) is 0 Å². The lowest BCUT2D eigenvalue weighted by atomic mass is 10.2. The minimum Gasteiger partial charge on any atom is -0.493 e. The van der Waals surface area contributed by atoms with Crippen LogP contribution >= 0.6 is 15.9 Å². The number of hydrogen-bond donors (Lipinski definition) is 1. The molecule has 0 atom stereocenters. The van der Waals surface area contributed by atoms with Gasteiger partial charge in [0.2, 0.25) is 0 Å². The zero-order valence-corrected chi connectivity index (χ0v) is 13.1. The van der Waals surface area contributed by atoms with Gasteiger partial charge in [-0.1, -0.05) is 13.8 Å². The van der Waals surface area contributed by atoms with Crippen molar-refractivity contribution in [3.8, 4) is 17.6 Å². The normalized spacial score (nSPS) is 10.3. The van der Waals surface area contributed by atoms with Gasteiger partial charge >= 0.3 is 0 Å². The van der Waals surface area contributed by atoms with Crippen LogP contribution in [0.2, 0.25) is 0 Å². The molecule has 0 spiro atoms. The summed E-state index contributed by atoms with van der Waals surface area (Å²) in [7, 11) is 1.59. The maximum absolute atomic E-state index is 8.56. The molecule has 0 saturated carbocycles. The Kier molecular flexibility index (Phi) is 6.68. The van der Waals surface area contributed by atoms with Gasteiger partial charge in [0, 0.05) is 6.54 Å². The number of ether oxygens (including phenoxy) is 2. The average molecular weight is 327 g/mol. The summed E-state index contributed by atoms with van der Waals surface area (Å²) in [6, 6.07) is 5.84. The van der Waals surface area contributed by atoms with Crippen LogP contribution in [-0.4, -0.2) is 20.3 Å². The summed E-state index contributed by atoms with van der Waals surface area (Å²) in [5.74, 6) is 1.81. The molecule has 0 unspecified atom stereocenters. The molecule has 19 heavy (non-hydrogen) atoms. The number of nitriles is 1. The van der Waals surface area contributed by atoms with Crippen molar-refractivity contribution in [2.75, 3.05) is 20.3 Å². The first kappa shape index (κ1) is 15.8. The quantitative estimate of drug-likeness (QED) is 0.836. The van der Waals surface area contributed by atoms with Crippen LogP contribution in [0.15, 0.2) is 16.6 Å². The summed E-state index contributed by atoms with van der Waals surface area (Å²) in [5, 5.41) is 11.9. The highest BCUT2D eigenvalue weighted by Crippen LogP contribution is 2.36. The Morgan fingerprint density at radius 1 is 1.42 bits per heavy atom. The zero-order valence-electron chi connectivity index (χ0n) is 11.5. The van der Waals surface area contributed by atoms with Crippen molar-refractivity contribution in [3.63, 3.8) is 0 Å². The Morgan fingerprint density at radius 2 is 2.16 bits per heavy atom. The molecule has 5 heteroatoms. The molecule has 0 saturated heterocycles. The van der Waals surface area contributed by atoms with Crippen LogP contribution in [0.25, 0.3) is 0 Å². The summed E-state index contributed by atoms with van der Waals surface area (Å²) < 4.78 is 11.4. The smallest absolute Gasteiger partial charge is 0.176 e.